The van der Waals surface area contributed by atoms with Crippen molar-refractivity contribution in [3.63, 3.8) is 0 Å². The molecule has 1 N–H and O–H groups in total. The Morgan fingerprint density at radius 1 is 0.514 bits per heavy atom. The first-order valence-electron chi connectivity index (χ1n) is 10.6. The molecule has 4 rings (SSSR count). The molecule has 0 aromatic heterocycles. The zero-order valence-corrected chi connectivity index (χ0v) is 23.0. The van der Waals surface area contributed by atoms with Crippen molar-refractivity contribution in [2.75, 3.05) is 7.11 Å². The third kappa shape index (κ3) is 14.2. The Bertz CT molecular complexity index is 900. The molecule has 4 aromatic carbocycles. The summed E-state index contributed by atoms with van der Waals surface area (Å²) in [5.74, 6) is 3.50. The molecule has 0 fully saturated rings. The molecular weight excluding hydrogens is 497 g/mol. The first-order valence-corrected chi connectivity index (χ1v) is 14.0. The molecule has 0 bridgehead atoms. The molecule has 0 amide bonds. The standard InChI is InChI=1S/4C6H6O.CH3O3P.2Al.2H/c4*7-6-4-2-1-3-5-6;1-4-5(2)3;;;;/h4*1-5,7H;1H3;;;;/q;;;;;2*+2;;/p-3. The van der Waals surface area contributed by atoms with Crippen LogP contribution >= 0.6 is 8.25 Å². The number of benzene rings is 4. The van der Waals surface area contributed by atoms with E-state index in [2.05, 4.69) is 4.52 Å². The van der Waals surface area contributed by atoms with Gasteiger partial charge in [-0.2, -0.15) is 0 Å². The van der Waals surface area contributed by atoms with Crippen molar-refractivity contribution in [1.29, 1.82) is 0 Å². The van der Waals surface area contributed by atoms with E-state index in [0.29, 0.717) is 0 Å². The monoisotopic (exact) mass is 523 g/mol. The van der Waals surface area contributed by atoms with Crippen LogP contribution in [0.2, 0.25) is 0 Å². The summed E-state index contributed by atoms with van der Waals surface area (Å²) in [5.41, 5.74) is 0. The van der Waals surface area contributed by atoms with Gasteiger partial charge in [0.2, 0.25) is 0 Å². The van der Waals surface area contributed by atoms with Gasteiger partial charge in [-0.25, -0.2) is 0 Å². The Hall–Kier alpha value is -2.84. The van der Waals surface area contributed by atoms with Gasteiger partial charge in [-0.15, -0.1) is 9.42 Å². The first kappa shape index (κ1) is 28.4. The van der Waals surface area contributed by atoms with Crippen LogP contribution in [0.1, 0.15) is 0 Å². The highest BCUT2D eigenvalue weighted by atomic mass is 31.1. The normalized spacial score (nSPS) is 9.60. The maximum absolute atomic E-state index is 9.29. The summed E-state index contributed by atoms with van der Waals surface area (Å²) in [6.07, 6.45) is 0. The molecule has 0 spiro atoms. The van der Waals surface area contributed by atoms with E-state index < -0.39 is 40.0 Å². The van der Waals surface area contributed by atoms with Crippen LogP contribution in [0.15, 0.2) is 121 Å². The molecule has 0 heterocycles. The molecule has 35 heavy (non-hydrogen) atoms. The molecule has 0 aliphatic rings. The Morgan fingerprint density at radius 3 is 0.886 bits per heavy atom. The van der Waals surface area contributed by atoms with Gasteiger partial charge >= 0.3 is 40.0 Å². The van der Waals surface area contributed by atoms with E-state index in [9.17, 15) is 4.57 Å². The summed E-state index contributed by atoms with van der Waals surface area (Å²) >= 11 is -1.97. The van der Waals surface area contributed by atoms with Crippen molar-refractivity contribution < 1.29 is 29.1 Å². The van der Waals surface area contributed by atoms with E-state index in [-0.39, 0.29) is 0 Å². The molecule has 4 aromatic rings. The van der Waals surface area contributed by atoms with Gasteiger partial charge in [0.15, 0.2) is 0 Å². The lowest BCUT2D eigenvalue weighted by Crippen LogP contribution is -2.10. The third-order valence-corrected chi connectivity index (χ3v) is 6.15. The van der Waals surface area contributed by atoms with E-state index in [1.54, 1.807) is 0 Å². The lowest BCUT2D eigenvalue weighted by atomic mass is 10.3. The number of hydrogen-bond donors (Lipinski definition) is 1. The van der Waals surface area contributed by atoms with Gasteiger partial charge in [-0.1, -0.05) is 72.8 Å². The Morgan fingerprint density at radius 2 is 0.714 bits per heavy atom. The molecule has 7 nitrogen and oxygen atoms in total. The zero-order chi connectivity index (χ0) is 25.0. The second-order valence-corrected chi connectivity index (χ2v) is 8.95. The molecule has 0 saturated heterocycles. The lowest BCUT2D eigenvalue weighted by molar-refractivity contribution is 0.343. The van der Waals surface area contributed by atoms with Gasteiger partial charge in [-0.05, 0) is 48.5 Å². The van der Waals surface area contributed by atoms with E-state index in [1.807, 2.05) is 121 Å². The van der Waals surface area contributed by atoms with Crippen LogP contribution in [-0.2, 0) is 9.09 Å². The predicted molar refractivity (Wildman–Crippen MR) is 139 cm³/mol. The van der Waals surface area contributed by atoms with Gasteiger partial charge in [0.1, 0.15) is 0 Å². The molecule has 0 saturated carbocycles. The summed E-state index contributed by atoms with van der Waals surface area (Å²) in [6, 6.07) is 38.9. The van der Waals surface area contributed by atoms with Gasteiger partial charge < -0.3 is 15.2 Å². The van der Waals surface area contributed by atoms with E-state index >= 15 is 0 Å². The second-order valence-electron chi connectivity index (χ2n) is 6.49. The van der Waals surface area contributed by atoms with Gasteiger partial charge in [0.05, 0.1) is 30.1 Å². The number of rotatable bonds is 9. The fourth-order valence-electron chi connectivity index (χ4n) is 2.40. The molecule has 1 unspecified atom stereocenters. The third-order valence-electron chi connectivity index (χ3n) is 4.03. The maximum Gasteiger partial charge on any atom is 0.832 e. The smallest absolute Gasteiger partial charge is 0.614 e. The number of hydrogen-bond acceptors (Lipinski definition) is 6. The first-order chi connectivity index (χ1) is 17.2. The number of para-hydroxylation sites is 4. The van der Waals surface area contributed by atoms with Crippen molar-refractivity contribution >= 4 is 40.0 Å². The molecule has 178 valence electrons. The minimum absolute atomic E-state index is 0.875. The lowest BCUT2D eigenvalue weighted by Gasteiger charge is -2.07. The Balaban J connectivity index is 0.000000208. The van der Waals surface area contributed by atoms with Crippen LogP contribution in [-0.4, -0.2) is 43.8 Å². The average Bonchev–Trinajstić information content (AvgIpc) is 2.92. The van der Waals surface area contributed by atoms with Crippen LogP contribution in [0, 0.1) is 0 Å². The molecule has 0 radical (unpaired) electrons. The molecule has 10 heteroatoms. The molecule has 0 aliphatic carbocycles. The van der Waals surface area contributed by atoms with Crippen LogP contribution in [0.3, 0.4) is 0 Å². The van der Waals surface area contributed by atoms with Crippen molar-refractivity contribution in [2.24, 2.45) is 0 Å². The summed E-state index contributed by atoms with van der Waals surface area (Å²) in [5, 5.41) is 0. The minimum atomic E-state index is -2.35. The van der Waals surface area contributed by atoms with Crippen LogP contribution < -0.4 is 15.2 Å². The van der Waals surface area contributed by atoms with Crippen LogP contribution in [0.25, 0.3) is 0 Å². The summed E-state index contributed by atoms with van der Waals surface area (Å²) in [6.45, 7) is 0. The highest BCUT2D eigenvalue weighted by Crippen LogP contribution is 2.12. The molecule has 0 aliphatic heterocycles. The van der Waals surface area contributed by atoms with Gasteiger partial charge in [-0.3, -0.25) is 0 Å². The van der Waals surface area contributed by atoms with Crippen molar-refractivity contribution in [3.8, 4) is 23.0 Å². The topological polar surface area (TPSA) is 83.5 Å². The quantitative estimate of drug-likeness (QED) is 0.241. The van der Waals surface area contributed by atoms with Gasteiger partial charge in [0.25, 0.3) is 0 Å². The van der Waals surface area contributed by atoms with Crippen LogP contribution in [0.5, 0.6) is 23.0 Å². The fraction of sp³-hybridized carbons (Fsp3) is 0.0400. The fourth-order valence-corrected chi connectivity index (χ4v) is 3.83. The highest BCUT2D eigenvalue weighted by molar-refractivity contribution is 7.32. The SMILES string of the molecule is CO[P+](=O)O.c1ccc([O][AlH][O]c2ccccc2)cc1.c1ccc([O][AlH][O]c2ccccc2)cc1. The highest BCUT2D eigenvalue weighted by Gasteiger charge is 2.04. The molecule has 1 atom stereocenters. The van der Waals surface area contributed by atoms with E-state index in [1.165, 1.54) is 7.11 Å². The van der Waals surface area contributed by atoms with E-state index in [4.69, 9.17) is 20.0 Å². The van der Waals surface area contributed by atoms with E-state index in [0.717, 1.165) is 23.0 Å². The summed E-state index contributed by atoms with van der Waals surface area (Å²) < 4.78 is 35.2. The Kier molecular flexibility index (Phi) is 15.0. The minimum Gasteiger partial charge on any atom is -0.614 e. The summed E-state index contributed by atoms with van der Waals surface area (Å²) in [7, 11) is -1.18. The van der Waals surface area contributed by atoms with Crippen molar-refractivity contribution in [3.05, 3.63) is 121 Å². The zero-order valence-electron chi connectivity index (χ0n) is 19.3. The molecular formula is C25H26Al2O7P+. The van der Waals surface area contributed by atoms with Crippen molar-refractivity contribution in [2.45, 2.75) is 0 Å². The average molecular weight is 523 g/mol. The Labute approximate surface area is 219 Å². The van der Waals surface area contributed by atoms with Crippen LogP contribution in [0.4, 0.5) is 0 Å². The van der Waals surface area contributed by atoms with Gasteiger partial charge in [0, 0.05) is 4.57 Å². The van der Waals surface area contributed by atoms with Crippen molar-refractivity contribution in [1.82, 2.24) is 0 Å². The predicted octanol–water partition coefficient (Wildman–Crippen LogP) is 5.10. The maximum atomic E-state index is 9.29. The largest absolute Gasteiger partial charge is 0.832 e. The summed E-state index contributed by atoms with van der Waals surface area (Å²) in [4.78, 5) is 7.65. The second kappa shape index (κ2) is 18.5.